The highest BCUT2D eigenvalue weighted by Crippen LogP contribution is 2.18. The van der Waals surface area contributed by atoms with E-state index in [4.69, 9.17) is 5.73 Å². The average Bonchev–Trinajstić information content (AvgIpc) is 2.15. The Labute approximate surface area is 85.5 Å². The number of nitrogens with zero attached hydrogens (tertiary/aromatic N) is 1. The third kappa shape index (κ3) is 2.82. The lowest BCUT2D eigenvalue weighted by Crippen LogP contribution is -2.24. The summed E-state index contributed by atoms with van der Waals surface area (Å²) in [5, 5.41) is 0. The van der Waals surface area contributed by atoms with E-state index in [1.807, 2.05) is 13.8 Å². The van der Waals surface area contributed by atoms with Gasteiger partial charge in [0.25, 0.3) is 12.0 Å². The summed E-state index contributed by atoms with van der Waals surface area (Å²) in [6.45, 7) is 3.64. The first-order chi connectivity index (χ1) is 6.91. The van der Waals surface area contributed by atoms with Crippen molar-refractivity contribution in [1.82, 2.24) is 9.97 Å². The highest BCUT2D eigenvalue weighted by Gasteiger charge is 2.17. The topological polar surface area (TPSA) is 71.8 Å². The van der Waals surface area contributed by atoms with Crippen molar-refractivity contribution in [3.63, 3.8) is 0 Å². The van der Waals surface area contributed by atoms with Crippen molar-refractivity contribution in [2.75, 3.05) is 0 Å². The Morgan fingerprint density at radius 1 is 1.47 bits per heavy atom. The van der Waals surface area contributed by atoms with Crippen molar-refractivity contribution in [2.45, 2.75) is 26.3 Å². The standard InChI is InChI=1S/C9H13F2N3O/c1-4(2)7(12)9-13-5(8(10)11)3-6(15)14-9/h3-4,7-8H,12H2,1-2H3,(H,13,14,15). The number of halogens is 2. The minimum absolute atomic E-state index is 0.0149. The van der Waals surface area contributed by atoms with Crippen molar-refractivity contribution in [1.29, 1.82) is 0 Å². The van der Waals surface area contributed by atoms with E-state index in [9.17, 15) is 13.6 Å². The van der Waals surface area contributed by atoms with Crippen LogP contribution in [0.25, 0.3) is 0 Å². The van der Waals surface area contributed by atoms with Crippen LogP contribution in [0.4, 0.5) is 8.78 Å². The molecule has 1 aromatic heterocycles. The van der Waals surface area contributed by atoms with Crippen LogP contribution in [-0.4, -0.2) is 9.97 Å². The number of aromatic amines is 1. The minimum atomic E-state index is -2.76. The maximum atomic E-state index is 12.3. The van der Waals surface area contributed by atoms with E-state index >= 15 is 0 Å². The molecule has 3 N–H and O–H groups in total. The van der Waals surface area contributed by atoms with E-state index in [1.165, 1.54) is 0 Å². The predicted molar refractivity (Wildman–Crippen MR) is 51.6 cm³/mol. The number of hydrogen-bond donors (Lipinski definition) is 2. The molecule has 0 radical (unpaired) electrons. The highest BCUT2D eigenvalue weighted by molar-refractivity contribution is 5.06. The van der Waals surface area contributed by atoms with Crippen LogP contribution in [0.3, 0.4) is 0 Å². The number of hydrogen-bond acceptors (Lipinski definition) is 3. The molecule has 0 aliphatic rings. The second kappa shape index (κ2) is 4.48. The summed E-state index contributed by atoms with van der Waals surface area (Å²) in [5.74, 6) is 0.119. The molecule has 0 saturated carbocycles. The smallest absolute Gasteiger partial charge is 0.280 e. The molecule has 0 aliphatic heterocycles. The molecule has 0 bridgehead atoms. The zero-order valence-electron chi connectivity index (χ0n) is 8.50. The number of aromatic nitrogens is 2. The summed E-state index contributed by atoms with van der Waals surface area (Å²) in [5.41, 5.74) is 4.56. The molecule has 1 atom stereocenters. The molecular weight excluding hydrogens is 204 g/mol. The van der Waals surface area contributed by atoms with E-state index in [0.717, 1.165) is 6.07 Å². The molecule has 4 nitrogen and oxygen atoms in total. The van der Waals surface area contributed by atoms with Gasteiger partial charge in [0, 0.05) is 6.07 Å². The summed E-state index contributed by atoms with van der Waals surface area (Å²) >= 11 is 0. The van der Waals surface area contributed by atoms with Crippen LogP contribution in [0.1, 0.15) is 37.8 Å². The zero-order chi connectivity index (χ0) is 11.6. The summed E-state index contributed by atoms with van der Waals surface area (Å²) in [6.07, 6.45) is -2.76. The molecule has 1 heterocycles. The predicted octanol–water partition coefficient (Wildman–Crippen LogP) is 1.36. The van der Waals surface area contributed by atoms with Gasteiger partial charge in [0.2, 0.25) is 0 Å². The molecule has 0 aliphatic carbocycles. The number of nitrogens with one attached hydrogen (secondary N) is 1. The molecule has 1 rings (SSSR count). The van der Waals surface area contributed by atoms with Gasteiger partial charge in [0.1, 0.15) is 11.5 Å². The van der Waals surface area contributed by atoms with E-state index in [0.29, 0.717) is 0 Å². The summed E-state index contributed by atoms with van der Waals surface area (Å²) in [7, 11) is 0. The first kappa shape index (κ1) is 11.8. The van der Waals surface area contributed by atoms with Gasteiger partial charge in [-0.1, -0.05) is 13.8 Å². The van der Waals surface area contributed by atoms with Crippen LogP contribution >= 0.6 is 0 Å². The Morgan fingerprint density at radius 3 is 2.53 bits per heavy atom. The van der Waals surface area contributed by atoms with E-state index in [1.54, 1.807) is 0 Å². The monoisotopic (exact) mass is 217 g/mol. The van der Waals surface area contributed by atoms with Crippen LogP contribution < -0.4 is 11.3 Å². The van der Waals surface area contributed by atoms with Crippen molar-refractivity contribution in [2.24, 2.45) is 11.7 Å². The normalized spacial score (nSPS) is 13.5. The van der Waals surface area contributed by atoms with E-state index in [-0.39, 0.29) is 11.7 Å². The fourth-order valence-corrected chi connectivity index (χ4v) is 1.08. The van der Waals surface area contributed by atoms with Crippen molar-refractivity contribution >= 4 is 0 Å². The van der Waals surface area contributed by atoms with Crippen LogP contribution in [0, 0.1) is 5.92 Å². The molecule has 0 saturated heterocycles. The lowest BCUT2D eigenvalue weighted by molar-refractivity contribution is 0.145. The van der Waals surface area contributed by atoms with Crippen LogP contribution in [0.5, 0.6) is 0 Å². The maximum Gasteiger partial charge on any atom is 0.280 e. The van der Waals surface area contributed by atoms with Gasteiger partial charge in [-0.3, -0.25) is 4.79 Å². The first-order valence-electron chi connectivity index (χ1n) is 4.56. The van der Waals surface area contributed by atoms with Crippen LogP contribution in [0.15, 0.2) is 10.9 Å². The van der Waals surface area contributed by atoms with Gasteiger partial charge in [-0.25, -0.2) is 13.8 Å². The first-order valence-corrected chi connectivity index (χ1v) is 4.56. The summed E-state index contributed by atoms with van der Waals surface area (Å²) in [6, 6.07) is 0.234. The fraction of sp³-hybridized carbons (Fsp3) is 0.556. The van der Waals surface area contributed by atoms with Gasteiger partial charge in [0.15, 0.2) is 0 Å². The SMILES string of the molecule is CC(C)C(N)c1nc(C(F)F)cc(=O)[nH]1. The molecule has 0 fully saturated rings. The van der Waals surface area contributed by atoms with Crippen molar-refractivity contribution in [3.05, 3.63) is 27.9 Å². The largest absolute Gasteiger partial charge is 0.321 e. The zero-order valence-corrected chi connectivity index (χ0v) is 8.50. The van der Waals surface area contributed by atoms with E-state index < -0.39 is 23.7 Å². The molecule has 0 amide bonds. The lowest BCUT2D eigenvalue weighted by Gasteiger charge is -2.14. The van der Waals surface area contributed by atoms with Crippen molar-refractivity contribution < 1.29 is 8.78 Å². The third-order valence-electron chi connectivity index (χ3n) is 2.04. The molecule has 84 valence electrons. The highest BCUT2D eigenvalue weighted by atomic mass is 19.3. The third-order valence-corrected chi connectivity index (χ3v) is 2.04. The summed E-state index contributed by atoms with van der Waals surface area (Å²) < 4.78 is 24.7. The van der Waals surface area contributed by atoms with Crippen LogP contribution in [-0.2, 0) is 0 Å². The second-order valence-electron chi connectivity index (χ2n) is 3.63. The number of nitrogens with two attached hydrogens (primary N) is 1. The Bertz CT molecular complexity index is 389. The van der Waals surface area contributed by atoms with Gasteiger partial charge < -0.3 is 10.7 Å². The molecule has 6 heteroatoms. The van der Waals surface area contributed by atoms with Gasteiger partial charge in [-0.05, 0) is 5.92 Å². The maximum absolute atomic E-state index is 12.3. The lowest BCUT2D eigenvalue weighted by atomic mass is 10.1. The van der Waals surface area contributed by atoms with Gasteiger partial charge >= 0.3 is 0 Å². The van der Waals surface area contributed by atoms with Gasteiger partial charge in [-0.2, -0.15) is 0 Å². The Hall–Kier alpha value is -1.30. The molecular formula is C9H13F2N3O. The summed E-state index contributed by atoms with van der Waals surface area (Å²) in [4.78, 5) is 17.0. The van der Waals surface area contributed by atoms with Gasteiger partial charge in [-0.15, -0.1) is 0 Å². The Kier molecular flexibility index (Phi) is 3.52. The number of rotatable bonds is 3. The minimum Gasteiger partial charge on any atom is -0.321 e. The van der Waals surface area contributed by atoms with Crippen molar-refractivity contribution in [3.8, 4) is 0 Å². The fourth-order valence-electron chi connectivity index (χ4n) is 1.08. The Balaban J connectivity index is 3.14. The number of alkyl halides is 2. The molecule has 1 aromatic rings. The quantitative estimate of drug-likeness (QED) is 0.803. The molecule has 0 aromatic carbocycles. The van der Waals surface area contributed by atoms with Gasteiger partial charge in [0.05, 0.1) is 6.04 Å². The number of H-pyrrole nitrogens is 1. The average molecular weight is 217 g/mol. The van der Waals surface area contributed by atoms with E-state index in [2.05, 4.69) is 9.97 Å². The molecule has 15 heavy (non-hydrogen) atoms. The second-order valence-corrected chi connectivity index (χ2v) is 3.63. The Morgan fingerprint density at radius 2 is 2.07 bits per heavy atom. The molecule has 0 spiro atoms. The van der Waals surface area contributed by atoms with Crippen LogP contribution in [0.2, 0.25) is 0 Å². The molecule has 1 unspecified atom stereocenters.